The first-order valence-electron chi connectivity index (χ1n) is 7.29. The van der Waals surface area contributed by atoms with Crippen LogP contribution in [-0.2, 0) is 6.11 Å². The zero-order chi connectivity index (χ0) is 18.5. The molecule has 0 bridgehead atoms. The maximum Gasteiger partial charge on any atom is 0.429 e. The summed E-state index contributed by atoms with van der Waals surface area (Å²) in [5.74, 6) is -1.56. The summed E-state index contributed by atoms with van der Waals surface area (Å²) >= 11 is 0. The van der Waals surface area contributed by atoms with Gasteiger partial charge in [-0.25, -0.2) is 4.39 Å². The summed E-state index contributed by atoms with van der Waals surface area (Å²) < 4.78 is 87.5. The van der Waals surface area contributed by atoms with Crippen LogP contribution in [0.4, 0.5) is 26.3 Å². The predicted octanol–water partition coefficient (Wildman–Crippen LogP) is 5.68. The van der Waals surface area contributed by atoms with Gasteiger partial charge in [-0.3, -0.25) is 0 Å². The first-order chi connectivity index (χ1) is 11.7. The molecule has 0 atom stereocenters. The van der Waals surface area contributed by atoms with Crippen LogP contribution in [0, 0.1) is 5.82 Å². The molecule has 0 aliphatic heterocycles. The van der Waals surface area contributed by atoms with E-state index in [1.807, 2.05) is 0 Å². The molecule has 0 aliphatic carbocycles. The lowest BCUT2D eigenvalue weighted by atomic mass is 10.2. The monoisotopic (exact) mass is 364 g/mol. The van der Waals surface area contributed by atoms with E-state index in [9.17, 15) is 26.3 Å². The summed E-state index contributed by atoms with van der Waals surface area (Å²) in [6.07, 6.45) is -9.59. The van der Waals surface area contributed by atoms with Crippen LogP contribution in [0.1, 0.15) is 18.4 Å². The van der Waals surface area contributed by atoms with E-state index in [1.165, 1.54) is 24.3 Å². The van der Waals surface area contributed by atoms with Gasteiger partial charge < -0.3 is 9.47 Å². The Morgan fingerprint density at radius 3 is 2.12 bits per heavy atom. The van der Waals surface area contributed by atoms with Crippen molar-refractivity contribution in [3.63, 3.8) is 0 Å². The van der Waals surface area contributed by atoms with E-state index in [-0.39, 0.29) is 24.5 Å². The molecule has 136 valence electrons. The molecule has 25 heavy (non-hydrogen) atoms. The Bertz CT molecular complexity index is 685. The van der Waals surface area contributed by atoms with Crippen molar-refractivity contribution in [3.05, 3.63) is 59.9 Å². The Kier molecular flexibility index (Phi) is 5.81. The van der Waals surface area contributed by atoms with E-state index in [0.29, 0.717) is 6.07 Å². The molecule has 0 saturated carbocycles. The molecule has 0 amide bonds. The number of ether oxygens (including phenoxy) is 2. The third kappa shape index (κ3) is 5.88. The average Bonchev–Trinajstić information content (AvgIpc) is 2.51. The molecule has 0 heterocycles. The molecule has 2 nitrogen and oxygen atoms in total. The molecule has 0 unspecified atom stereocenters. The summed E-state index contributed by atoms with van der Waals surface area (Å²) in [7, 11) is 0. The van der Waals surface area contributed by atoms with Crippen LogP contribution in [-0.4, -0.2) is 12.8 Å². The first-order valence-corrected chi connectivity index (χ1v) is 7.29. The summed E-state index contributed by atoms with van der Waals surface area (Å²) in [5.41, 5.74) is -1.00. The minimum atomic E-state index is -4.31. The van der Waals surface area contributed by atoms with E-state index >= 15 is 0 Å². The molecular formula is C17H14F6O2. The zero-order valence-electron chi connectivity index (χ0n) is 12.8. The molecule has 0 fully saturated rings. The highest BCUT2D eigenvalue weighted by atomic mass is 19.4. The highest BCUT2D eigenvalue weighted by molar-refractivity contribution is 5.32. The molecular weight excluding hydrogens is 350 g/mol. The van der Waals surface area contributed by atoms with Crippen LogP contribution in [0.2, 0.25) is 0 Å². The fourth-order valence-corrected chi connectivity index (χ4v) is 1.98. The van der Waals surface area contributed by atoms with E-state index in [1.54, 1.807) is 6.07 Å². The number of hydrogen-bond donors (Lipinski definition) is 0. The first kappa shape index (κ1) is 19.0. The molecule has 8 heteroatoms. The number of para-hydroxylation sites is 1. The molecule has 0 aliphatic rings. The zero-order valence-corrected chi connectivity index (χ0v) is 12.8. The van der Waals surface area contributed by atoms with Gasteiger partial charge in [0.25, 0.3) is 0 Å². The van der Waals surface area contributed by atoms with Crippen molar-refractivity contribution in [2.24, 2.45) is 0 Å². The van der Waals surface area contributed by atoms with E-state index < -0.39 is 30.1 Å². The number of rotatable bonds is 7. The highest BCUT2D eigenvalue weighted by Crippen LogP contribution is 2.34. The third-order valence-electron chi connectivity index (χ3n) is 3.12. The maximum absolute atomic E-state index is 14.0. The van der Waals surface area contributed by atoms with Gasteiger partial charge in [0.2, 0.25) is 0 Å². The number of benzene rings is 2. The van der Waals surface area contributed by atoms with Gasteiger partial charge >= 0.3 is 12.3 Å². The smallest absolute Gasteiger partial charge is 0.429 e. The van der Waals surface area contributed by atoms with Crippen molar-refractivity contribution in [3.8, 4) is 11.5 Å². The maximum atomic E-state index is 14.0. The van der Waals surface area contributed by atoms with Gasteiger partial charge in [-0.2, -0.15) is 22.0 Å². The van der Waals surface area contributed by atoms with Crippen molar-refractivity contribution in [2.75, 3.05) is 6.61 Å². The standard InChI is InChI=1S/C17H14F6O2/c18-15-11-13(24-10-4-9-16(19,20)21)7-8-14(15)17(22,23)25-12-5-2-1-3-6-12/h1-3,5-8,11H,4,9-10H2. The average molecular weight is 364 g/mol. The quantitative estimate of drug-likeness (QED) is 0.465. The topological polar surface area (TPSA) is 18.5 Å². The summed E-state index contributed by atoms with van der Waals surface area (Å²) in [4.78, 5) is 0. The Hall–Kier alpha value is -2.38. The SMILES string of the molecule is Fc1cc(OCCCC(F)(F)F)ccc1C(F)(F)Oc1ccccc1. The van der Waals surface area contributed by atoms with Crippen LogP contribution >= 0.6 is 0 Å². The van der Waals surface area contributed by atoms with Crippen LogP contribution in [0.5, 0.6) is 11.5 Å². The normalized spacial score (nSPS) is 12.1. The predicted molar refractivity (Wildman–Crippen MR) is 78.1 cm³/mol. The third-order valence-corrected chi connectivity index (χ3v) is 3.12. The summed E-state index contributed by atoms with van der Waals surface area (Å²) in [5, 5.41) is 0. The Morgan fingerprint density at radius 1 is 0.840 bits per heavy atom. The van der Waals surface area contributed by atoms with E-state index in [4.69, 9.17) is 4.74 Å². The second-order valence-electron chi connectivity index (χ2n) is 5.14. The molecule has 2 rings (SSSR count). The summed E-state index contributed by atoms with van der Waals surface area (Å²) in [6, 6.07) is 9.68. The van der Waals surface area contributed by atoms with Crippen molar-refractivity contribution < 1.29 is 35.8 Å². The molecule has 2 aromatic rings. The highest BCUT2D eigenvalue weighted by Gasteiger charge is 2.37. The molecule has 0 radical (unpaired) electrons. The number of alkyl halides is 5. The molecule has 0 spiro atoms. The lowest BCUT2D eigenvalue weighted by Gasteiger charge is -2.19. The van der Waals surface area contributed by atoms with Gasteiger partial charge in [0.15, 0.2) is 0 Å². The van der Waals surface area contributed by atoms with Crippen LogP contribution < -0.4 is 9.47 Å². The van der Waals surface area contributed by atoms with Crippen molar-refractivity contribution in [2.45, 2.75) is 25.1 Å². The lowest BCUT2D eigenvalue weighted by Crippen LogP contribution is -2.23. The van der Waals surface area contributed by atoms with Gasteiger partial charge in [-0.1, -0.05) is 18.2 Å². The van der Waals surface area contributed by atoms with Crippen molar-refractivity contribution >= 4 is 0 Å². The second-order valence-corrected chi connectivity index (χ2v) is 5.14. The van der Waals surface area contributed by atoms with Gasteiger partial charge in [0, 0.05) is 12.5 Å². The lowest BCUT2D eigenvalue weighted by molar-refractivity contribution is -0.187. The fourth-order valence-electron chi connectivity index (χ4n) is 1.98. The van der Waals surface area contributed by atoms with Crippen molar-refractivity contribution in [1.29, 1.82) is 0 Å². The Morgan fingerprint density at radius 2 is 1.52 bits per heavy atom. The number of halogens is 6. The van der Waals surface area contributed by atoms with Crippen LogP contribution in [0.25, 0.3) is 0 Å². The van der Waals surface area contributed by atoms with E-state index in [2.05, 4.69) is 4.74 Å². The minimum absolute atomic E-state index is 0.139. The summed E-state index contributed by atoms with van der Waals surface area (Å²) in [6.45, 7) is -0.310. The van der Waals surface area contributed by atoms with Crippen LogP contribution in [0.15, 0.2) is 48.5 Å². The van der Waals surface area contributed by atoms with Crippen molar-refractivity contribution in [1.82, 2.24) is 0 Å². The molecule has 0 aromatic heterocycles. The molecule has 0 N–H and O–H groups in total. The largest absolute Gasteiger partial charge is 0.493 e. The minimum Gasteiger partial charge on any atom is -0.493 e. The Labute approximate surface area is 140 Å². The Balaban J connectivity index is 2.00. The number of hydrogen-bond acceptors (Lipinski definition) is 2. The van der Waals surface area contributed by atoms with Gasteiger partial charge in [0.05, 0.1) is 6.61 Å². The van der Waals surface area contributed by atoms with Gasteiger partial charge in [-0.05, 0) is 30.7 Å². The van der Waals surface area contributed by atoms with Crippen LogP contribution in [0.3, 0.4) is 0 Å². The molecule has 0 saturated heterocycles. The molecule has 2 aromatic carbocycles. The van der Waals surface area contributed by atoms with E-state index in [0.717, 1.165) is 12.1 Å². The van der Waals surface area contributed by atoms with Gasteiger partial charge in [0.1, 0.15) is 22.9 Å². The second kappa shape index (κ2) is 7.67. The van der Waals surface area contributed by atoms with Gasteiger partial charge in [-0.15, -0.1) is 0 Å². The fraction of sp³-hybridized carbons (Fsp3) is 0.294.